The van der Waals surface area contributed by atoms with Crippen LogP contribution in [0.25, 0.3) is 11.3 Å². The Kier molecular flexibility index (Phi) is 4.23. The minimum Gasteiger partial charge on any atom is -0.481 e. The summed E-state index contributed by atoms with van der Waals surface area (Å²) >= 11 is 0. The predicted molar refractivity (Wildman–Crippen MR) is 76.6 cm³/mol. The first-order valence-corrected chi connectivity index (χ1v) is 6.73. The van der Waals surface area contributed by atoms with Gasteiger partial charge < -0.3 is 9.63 Å². The summed E-state index contributed by atoms with van der Waals surface area (Å²) in [6.07, 6.45) is 0.954. The maximum absolute atomic E-state index is 10.9. The molecule has 1 heterocycles. The van der Waals surface area contributed by atoms with Crippen molar-refractivity contribution in [3.05, 3.63) is 41.1 Å². The van der Waals surface area contributed by atoms with Crippen LogP contribution in [0.5, 0.6) is 0 Å². The van der Waals surface area contributed by atoms with E-state index < -0.39 is 5.97 Å². The van der Waals surface area contributed by atoms with Gasteiger partial charge in [-0.3, -0.25) is 4.79 Å². The Balaban J connectivity index is 2.30. The summed E-state index contributed by atoms with van der Waals surface area (Å²) in [5.74, 6) is 0.283. The highest BCUT2D eigenvalue weighted by Crippen LogP contribution is 2.27. The number of nitrogens with zero attached hydrogens (tertiary/aromatic N) is 1. The molecule has 0 unspecified atom stereocenters. The lowest BCUT2D eigenvalue weighted by Crippen LogP contribution is -2.01. The van der Waals surface area contributed by atoms with Crippen LogP contribution in [-0.2, 0) is 17.6 Å². The Bertz CT molecular complexity index is 597. The molecule has 106 valence electrons. The van der Waals surface area contributed by atoms with Crippen LogP contribution in [0.1, 0.15) is 30.7 Å². The number of carbonyl (C=O) groups is 1. The second kappa shape index (κ2) is 5.90. The zero-order valence-electron chi connectivity index (χ0n) is 12.0. The molecule has 2 rings (SSSR count). The van der Waals surface area contributed by atoms with E-state index in [-0.39, 0.29) is 6.42 Å². The van der Waals surface area contributed by atoms with Crippen LogP contribution in [0, 0.1) is 12.8 Å². The van der Waals surface area contributed by atoms with Crippen molar-refractivity contribution in [2.45, 2.75) is 33.6 Å². The number of carboxylic acid groups (broad SMARTS) is 1. The van der Waals surface area contributed by atoms with Gasteiger partial charge in [0.15, 0.2) is 5.76 Å². The van der Waals surface area contributed by atoms with E-state index in [0.717, 1.165) is 12.0 Å². The Morgan fingerprint density at radius 2 is 1.95 bits per heavy atom. The number of aryl methyl sites for hydroxylation is 1. The molecule has 1 aromatic heterocycles. The number of carboxylic acids is 1. The molecule has 0 amide bonds. The lowest BCUT2D eigenvalue weighted by Gasteiger charge is -2.06. The van der Waals surface area contributed by atoms with Gasteiger partial charge in [-0.15, -0.1) is 0 Å². The summed E-state index contributed by atoms with van der Waals surface area (Å²) in [5.41, 5.74) is 3.41. The summed E-state index contributed by atoms with van der Waals surface area (Å²) in [5, 5.41) is 12.8. The van der Waals surface area contributed by atoms with Crippen molar-refractivity contribution in [3.8, 4) is 11.3 Å². The zero-order chi connectivity index (χ0) is 14.7. The third-order valence-corrected chi connectivity index (χ3v) is 3.17. The molecule has 1 N–H and O–H groups in total. The van der Waals surface area contributed by atoms with E-state index in [1.807, 2.05) is 12.1 Å². The summed E-state index contributed by atoms with van der Waals surface area (Å²) in [6.45, 7) is 6.12. The number of benzene rings is 1. The quantitative estimate of drug-likeness (QED) is 0.906. The van der Waals surface area contributed by atoms with Crippen LogP contribution in [-0.4, -0.2) is 16.2 Å². The van der Waals surface area contributed by atoms with Gasteiger partial charge in [-0.25, -0.2) is 0 Å². The summed E-state index contributed by atoms with van der Waals surface area (Å²) in [6, 6.07) is 8.03. The second-order valence-electron chi connectivity index (χ2n) is 5.44. The highest BCUT2D eigenvalue weighted by Gasteiger charge is 2.17. The van der Waals surface area contributed by atoms with Crippen LogP contribution in [0.4, 0.5) is 0 Å². The van der Waals surface area contributed by atoms with Gasteiger partial charge >= 0.3 is 5.97 Å². The fourth-order valence-electron chi connectivity index (χ4n) is 2.24. The van der Waals surface area contributed by atoms with E-state index in [9.17, 15) is 4.79 Å². The molecule has 0 fully saturated rings. The topological polar surface area (TPSA) is 63.3 Å². The third-order valence-electron chi connectivity index (χ3n) is 3.17. The largest absolute Gasteiger partial charge is 0.481 e. The number of aromatic nitrogens is 1. The molecule has 2 aromatic rings. The minimum atomic E-state index is -0.881. The lowest BCUT2D eigenvalue weighted by atomic mass is 9.99. The van der Waals surface area contributed by atoms with Crippen molar-refractivity contribution in [1.82, 2.24) is 5.16 Å². The van der Waals surface area contributed by atoms with Crippen molar-refractivity contribution < 1.29 is 14.4 Å². The van der Waals surface area contributed by atoms with Crippen LogP contribution in [0.3, 0.4) is 0 Å². The molecule has 0 spiro atoms. The molecule has 0 radical (unpaired) electrons. The van der Waals surface area contributed by atoms with Gasteiger partial charge in [-0.2, -0.15) is 0 Å². The van der Waals surface area contributed by atoms with E-state index in [1.54, 1.807) is 6.92 Å². The maximum atomic E-state index is 10.9. The van der Waals surface area contributed by atoms with Gasteiger partial charge in [0.05, 0.1) is 12.1 Å². The van der Waals surface area contributed by atoms with E-state index >= 15 is 0 Å². The number of hydrogen-bond donors (Lipinski definition) is 1. The highest BCUT2D eigenvalue weighted by molar-refractivity contribution is 5.75. The molecule has 0 aliphatic heterocycles. The zero-order valence-corrected chi connectivity index (χ0v) is 12.0. The molecule has 4 nitrogen and oxygen atoms in total. The molecular weight excluding hydrogens is 254 g/mol. The molecule has 0 bridgehead atoms. The normalized spacial score (nSPS) is 11.0. The van der Waals surface area contributed by atoms with Crippen LogP contribution < -0.4 is 0 Å². The summed E-state index contributed by atoms with van der Waals surface area (Å²) in [4.78, 5) is 10.9. The predicted octanol–water partition coefficient (Wildman–Crippen LogP) is 3.48. The van der Waals surface area contributed by atoms with Crippen LogP contribution in [0.15, 0.2) is 28.8 Å². The second-order valence-corrected chi connectivity index (χ2v) is 5.44. The first-order chi connectivity index (χ1) is 9.47. The molecule has 0 aliphatic rings. The Labute approximate surface area is 118 Å². The third kappa shape index (κ3) is 3.26. The molecule has 1 aromatic carbocycles. The molecule has 0 atom stereocenters. The molecular formula is C16H19NO3. The average Bonchev–Trinajstić information content (AvgIpc) is 2.71. The highest BCUT2D eigenvalue weighted by atomic mass is 16.5. The van der Waals surface area contributed by atoms with Crippen molar-refractivity contribution in [1.29, 1.82) is 0 Å². The SMILES string of the molecule is Cc1noc(-c2ccc(CC(C)C)cc2)c1CC(=O)O. The minimum absolute atomic E-state index is 0.0710. The molecule has 0 saturated carbocycles. The Morgan fingerprint density at radius 3 is 2.50 bits per heavy atom. The van der Waals surface area contributed by atoms with Gasteiger partial charge in [0.2, 0.25) is 0 Å². The van der Waals surface area contributed by atoms with E-state index in [2.05, 4.69) is 31.1 Å². The van der Waals surface area contributed by atoms with Crippen molar-refractivity contribution >= 4 is 5.97 Å². The molecule has 0 aliphatic carbocycles. The van der Waals surface area contributed by atoms with Gasteiger partial charge in [-0.05, 0) is 24.8 Å². The van der Waals surface area contributed by atoms with Crippen molar-refractivity contribution in [3.63, 3.8) is 0 Å². The number of hydrogen-bond acceptors (Lipinski definition) is 3. The van der Waals surface area contributed by atoms with Crippen molar-refractivity contribution in [2.24, 2.45) is 5.92 Å². The Hall–Kier alpha value is -2.10. The fraction of sp³-hybridized carbons (Fsp3) is 0.375. The van der Waals surface area contributed by atoms with Crippen molar-refractivity contribution in [2.75, 3.05) is 0 Å². The summed E-state index contributed by atoms with van der Waals surface area (Å²) < 4.78 is 5.29. The van der Waals surface area contributed by atoms with Crippen LogP contribution in [0.2, 0.25) is 0 Å². The lowest BCUT2D eigenvalue weighted by molar-refractivity contribution is -0.136. The summed E-state index contributed by atoms with van der Waals surface area (Å²) in [7, 11) is 0. The van der Waals surface area contributed by atoms with Gasteiger partial charge in [0.25, 0.3) is 0 Å². The van der Waals surface area contributed by atoms with Gasteiger partial charge in [-0.1, -0.05) is 43.3 Å². The fourth-order valence-corrected chi connectivity index (χ4v) is 2.24. The molecule has 20 heavy (non-hydrogen) atoms. The molecule has 0 saturated heterocycles. The van der Waals surface area contributed by atoms with Gasteiger partial charge in [0.1, 0.15) is 0 Å². The monoisotopic (exact) mass is 273 g/mol. The smallest absolute Gasteiger partial charge is 0.308 e. The van der Waals surface area contributed by atoms with E-state index in [1.165, 1.54) is 5.56 Å². The standard InChI is InChI=1S/C16H19NO3/c1-10(2)8-12-4-6-13(7-5-12)16-14(9-15(18)19)11(3)17-20-16/h4-7,10H,8-9H2,1-3H3,(H,18,19). The Morgan fingerprint density at radius 1 is 1.30 bits per heavy atom. The first kappa shape index (κ1) is 14.3. The number of rotatable bonds is 5. The maximum Gasteiger partial charge on any atom is 0.308 e. The van der Waals surface area contributed by atoms with E-state index in [0.29, 0.717) is 22.9 Å². The number of aliphatic carboxylic acids is 1. The first-order valence-electron chi connectivity index (χ1n) is 6.73. The molecule has 4 heteroatoms. The van der Waals surface area contributed by atoms with Crippen LogP contribution >= 0.6 is 0 Å². The van der Waals surface area contributed by atoms with Gasteiger partial charge in [0, 0.05) is 11.1 Å². The van der Waals surface area contributed by atoms with E-state index in [4.69, 9.17) is 9.63 Å². The average molecular weight is 273 g/mol.